The minimum absolute atomic E-state index is 0.0429. The van der Waals surface area contributed by atoms with Gasteiger partial charge in [-0.3, -0.25) is 9.59 Å². The average molecular weight is 254 g/mol. The summed E-state index contributed by atoms with van der Waals surface area (Å²) in [6.07, 6.45) is 6.23. The van der Waals surface area contributed by atoms with E-state index in [1.165, 1.54) is 0 Å². The molecule has 1 saturated heterocycles. The van der Waals surface area contributed by atoms with E-state index in [1.807, 2.05) is 0 Å². The zero-order valence-electron chi connectivity index (χ0n) is 10.7. The molecular formula is C13H22N2O3. The van der Waals surface area contributed by atoms with Crippen LogP contribution in [-0.2, 0) is 9.59 Å². The first-order valence-corrected chi connectivity index (χ1v) is 6.89. The lowest BCUT2D eigenvalue weighted by molar-refractivity contribution is -0.151. The predicted octanol–water partition coefficient (Wildman–Crippen LogP) is 0.890. The highest BCUT2D eigenvalue weighted by Crippen LogP contribution is 2.36. The van der Waals surface area contributed by atoms with Crippen LogP contribution < -0.4 is 10.6 Å². The number of amides is 1. The molecule has 5 heteroatoms. The predicted molar refractivity (Wildman–Crippen MR) is 67.2 cm³/mol. The molecule has 0 aromatic rings. The van der Waals surface area contributed by atoms with E-state index in [4.69, 9.17) is 0 Å². The molecule has 18 heavy (non-hydrogen) atoms. The number of nitrogens with one attached hydrogen (secondary N) is 2. The highest BCUT2D eigenvalue weighted by molar-refractivity contribution is 5.83. The fraction of sp³-hybridized carbons (Fsp3) is 0.846. The summed E-state index contributed by atoms with van der Waals surface area (Å²) in [5, 5.41) is 15.4. The molecule has 0 bridgehead atoms. The van der Waals surface area contributed by atoms with Crippen LogP contribution in [0.25, 0.3) is 0 Å². The summed E-state index contributed by atoms with van der Waals surface area (Å²) in [5.41, 5.74) is -0.730. The van der Waals surface area contributed by atoms with Crippen LogP contribution in [0.3, 0.4) is 0 Å². The molecular weight excluding hydrogens is 232 g/mol. The van der Waals surface area contributed by atoms with Crippen molar-refractivity contribution in [3.63, 3.8) is 0 Å². The third-order valence-corrected chi connectivity index (χ3v) is 4.24. The second kappa shape index (κ2) is 5.69. The quantitative estimate of drug-likeness (QED) is 0.696. The Balaban J connectivity index is 1.89. The Bertz CT molecular complexity index is 318. The highest BCUT2D eigenvalue weighted by Gasteiger charge is 2.40. The summed E-state index contributed by atoms with van der Waals surface area (Å²) in [6, 6.07) is -0.126. The molecule has 0 radical (unpaired) electrons. The van der Waals surface area contributed by atoms with E-state index < -0.39 is 11.4 Å². The van der Waals surface area contributed by atoms with Gasteiger partial charge in [0.15, 0.2) is 0 Å². The molecule has 5 nitrogen and oxygen atoms in total. The van der Waals surface area contributed by atoms with Gasteiger partial charge in [0.1, 0.15) is 0 Å². The minimum atomic E-state index is -0.762. The van der Waals surface area contributed by atoms with Gasteiger partial charge >= 0.3 is 5.97 Å². The molecule has 2 aliphatic rings. The maximum Gasteiger partial charge on any atom is 0.311 e. The van der Waals surface area contributed by atoms with Gasteiger partial charge in [0.25, 0.3) is 0 Å². The van der Waals surface area contributed by atoms with Crippen LogP contribution in [0.5, 0.6) is 0 Å². The third kappa shape index (κ3) is 2.83. The number of hydrogen-bond acceptors (Lipinski definition) is 3. The zero-order valence-corrected chi connectivity index (χ0v) is 10.7. The van der Waals surface area contributed by atoms with Crippen molar-refractivity contribution in [2.75, 3.05) is 13.1 Å². The van der Waals surface area contributed by atoms with Crippen LogP contribution in [0.2, 0.25) is 0 Å². The lowest BCUT2D eigenvalue weighted by atomic mass is 9.74. The number of carboxylic acid groups (broad SMARTS) is 1. The Morgan fingerprint density at radius 2 is 1.94 bits per heavy atom. The fourth-order valence-corrected chi connectivity index (χ4v) is 2.98. The maximum atomic E-state index is 11.9. The van der Waals surface area contributed by atoms with Gasteiger partial charge in [-0.2, -0.15) is 0 Å². The number of carboxylic acids is 1. The van der Waals surface area contributed by atoms with Gasteiger partial charge in [-0.05, 0) is 32.2 Å². The smallest absolute Gasteiger partial charge is 0.311 e. The lowest BCUT2D eigenvalue weighted by Gasteiger charge is -2.33. The van der Waals surface area contributed by atoms with Gasteiger partial charge in [-0.1, -0.05) is 19.3 Å². The first-order valence-electron chi connectivity index (χ1n) is 6.89. The first-order chi connectivity index (χ1) is 8.64. The molecule has 1 amide bonds. The van der Waals surface area contributed by atoms with E-state index in [-0.39, 0.29) is 18.5 Å². The molecule has 1 heterocycles. The molecule has 0 aromatic carbocycles. The molecule has 3 N–H and O–H groups in total. The maximum absolute atomic E-state index is 11.9. The van der Waals surface area contributed by atoms with Gasteiger partial charge < -0.3 is 15.7 Å². The number of rotatable bonds is 4. The van der Waals surface area contributed by atoms with Gasteiger partial charge in [-0.15, -0.1) is 0 Å². The number of hydrogen-bond donors (Lipinski definition) is 3. The molecule has 1 aliphatic carbocycles. The van der Waals surface area contributed by atoms with Crippen molar-refractivity contribution in [1.82, 2.24) is 10.6 Å². The molecule has 2 rings (SSSR count). The summed E-state index contributed by atoms with van der Waals surface area (Å²) in [4.78, 5) is 23.3. The summed E-state index contributed by atoms with van der Waals surface area (Å²) in [6.45, 7) is 1.15. The van der Waals surface area contributed by atoms with Crippen molar-refractivity contribution in [3.8, 4) is 0 Å². The fourth-order valence-electron chi connectivity index (χ4n) is 2.98. The van der Waals surface area contributed by atoms with Crippen LogP contribution in [0.4, 0.5) is 0 Å². The molecule has 1 atom stereocenters. The second-order valence-corrected chi connectivity index (χ2v) is 5.51. The second-order valence-electron chi connectivity index (χ2n) is 5.51. The normalized spacial score (nSPS) is 26.8. The van der Waals surface area contributed by atoms with Crippen LogP contribution >= 0.6 is 0 Å². The molecule has 102 valence electrons. The number of carbonyl (C=O) groups excluding carboxylic acids is 1. The summed E-state index contributed by atoms with van der Waals surface area (Å²) < 4.78 is 0. The Hall–Kier alpha value is -1.10. The Morgan fingerprint density at radius 1 is 1.22 bits per heavy atom. The van der Waals surface area contributed by atoms with E-state index in [0.29, 0.717) is 12.8 Å². The van der Waals surface area contributed by atoms with Crippen molar-refractivity contribution in [2.45, 2.75) is 51.0 Å². The molecule has 1 aliphatic heterocycles. The Labute approximate surface area is 107 Å². The monoisotopic (exact) mass is 254 g/mol. The summed E-state index contributed by atoms with van der Waals surface area (Å²) in [7, 11) is 0. The van der Waals surface area contributed by atoms with Gasteiger partial charge in [0.05, 0.1) is 11.5 Å². The van der Waals surface area contributed by atoms with E-state index >= 15 is 0 Å². The van der Waals surface area contributed by atoms with E-state index in [9.17, 15) is 14.7 Å². The molecule has 0 aromatic heterocycles. The van der Waals surface area contributed by atoms with E-state index in [0.717, 1.165) is 38.6 Å². The standard InChI is InChI=1S/C13H22N2O3/c16-11(10-5-4-8-14-10)15-9-13(12(17)18)6-2-1-3-7-13/h10,14H,1-9H2,(H,15,16)(H,17,18). The molecule has 2 fully saturated rings. The molecule has 1 unspecified atom stereocenters. The largest absolute Gasteiger partial charge is 0.481 e. The Morgan fingerprint density at radius 3 is 2.50 bits per heavy atom. The highest BCUT2D eigenvalue weighted by atomic mass is 16.4. The number of aliphatic carboxylic acids is 1. The van der Waals surface area contributed by atoms with E-state index in [1.54, 1.807) is 0 Å². The molecule has 0 spiro atoms. The lowest BCUT2D eigenvalue weighted by Crippen LogP contribution is -2.48. The van der Waals surface area contributed by atoms with Crippen molar-refractivity contribution < 1.29 is 14.7 Å². The zero-order chi connectivity index (χ0) is 13.0. The van der Waals surface area contributed by atoms with Crippen LogP contribution in [0, 0.1) is 5.41 Å². The third-order valence-electron chi connectivity index (χ3n) is 4.24. The summed E-state index contributed by atoms with van der Waals surface area (Å²) in [5.74, 6) is -0.805. The molecule has 1 saturated carbocycles. The Kier molecular flexibility index (Phi) is 4.22. The van der Waals surface area contributed by atoms with Gasteiger partial charge in [0.2, 0.25) is 5.91 Å². The van der Waals surface area contributed by atoms with Crippen LogP contribution in [0.1, 0.15) is 44.9 Å². The van der Waals surface area contributed by atoms with Gasteiger partial charge in [0, 0.05) is 6.54 Å². The first kappa shape index (κ1) is 13.3. The average Bonchev–Trinajstić information content (AvgIpc) is 2.91. The minimum Gasteiger partial charge on any atom is -0.481 e. The SMILES string of the molecule is O=C(NCC1(C(=O)O)CCCCC1)C1CCCN1. The van der Waals surface area contributed by atoms with Crippen molar-refractivity contribution in [3.05, 3.63) is 0 Å². The van der Waals surface area contributed by atoms with Crippen molar-refractivity contribution in [1.29, 1.82) is 0 Å². The van der Waals surface area contributed by atoms with Crippen LogP contribution in [-0.4, -0.2) is 36.1 Å². The number of carbonyl (C=O) groups is 2. The van der Waals surface area contributed by atoms with Crippen molar-refractivity contribution >= 4 is 11.9 Å². The van der Waals surface area contributed by atoms with Gasteiger partial charge in [-0.25, -0.2) is 0 Å². The summed E-state index contributed by atoms with van der Waals surface area (Å²) >= 11 is 0. The van der Waals surface area contributed by atoms with E-state index in [2.05, 4.69) is 10.6 Å². The van der Waals surface area contributed by atoms with Crippen molar-refractivity contribution in [2.24, 2.45) is 5.41 Å². The van der Waals surface area contributed by atoms with Crippen LogP contribution in [0.15, 0.2) is 0 Å². The topological polar surface area (TPSA) is 78.4 Å².